The van der Waals surface area contributed by atoms with E-state index >= 15 is 0 Å². The summed E-state index contributed by atoms with van der Waals surface area (Å²) in [5.74, 6) is 0. The van der Waals surface area contributed by atoms with Crippen molar-refractivity contribution < 1.29 is 0 Å². The van der Waals surface area contributed by atoms with Crippen molar-refractivity contribution in [1.82, 2.24) is 5.32 Å². The Balaban J connectivity index is 2.21. The van der Waals surface area contributed by atoms with Crippen LogP contribution in [0.5, 0.6) is 0 Å². The van der Waals surface area contributed by atoms with E-state index in [-0.39, 0.29) is 0 Å². The number of aryl methyl sites for hydroxylation is 2. The van der Waals surface area contributed by atoms with Crippen molar-refractivity contribution in [3.8, 4) is 0 Å². The van der Waals surface area contributed by atoms with E-state index in [9.17, 15) is 0 Å². The van der Waals surface area contributed by atoms with Crippen molar-refractivity contribution in [1.29, 1.82) is 0 Å². The molecule has 1 N–H and O–H groups in total. The number of rotatable bonds is 5. The third-order valence-corrected chi connectivity index (χ3v) is 5.69. The molecule has 0 bridgehead atoms. The zero-order chi connectivity index (χ0) is 15.4. The summed E-state index contributed by atoms with van der Waals surface area (Å²) in [6, 6.07) is 13.6. The van der Waals surface area contributed by atoms with Crippen LogP contribution in [-0.2, 0) is 0 Å². The molecule has 112 valence electrons. The van der Waals surface area contributed by atoms with Gasteiger partial charge in [0, 0.05) is 20.3 Å². The van der Waals surface area contributed by atoms with E-state index in [4.69, 9.17) is 0 Å². The lowest BCUT2D eigenvalue weighted by Crippen LogP contribution is -2.17. The fraction of sp³-hybridized carbons (Fsp3) is 0.333. The topological polar surface area (TPSA) is 12.0 Å². The molecule has 0 aliphatic heterocycles. The summed E-state index contributed by atoms with van der Waals surface area (Å²) in [6.45, 7) is 9.62. The van der Waals surface area contributed by atoms with Gasteiger partial charge >= 0.3 is 0 Å². The first-order chi connectivity index (χ1) is 10.0. The molecule has 1 nitrogen and oxygen atoms in total. The van der Waals surface area contributed by atoms with E-state index in [1.807, 2.05) is 11.8 Å². The highest BCUT2D eigenvalue weighted by Gasteiger charge is 2.09. The molecule has 1 unspecified atom stereocenters. The van der Waals surface area contributed by atoms with Crippen LogP contribution in [0.25, 0.3) is 0 Å². The Morgan fingerprint density at radius 3 is 2.43 bits per heavy atom. The monoisotopic (exact) mass is 363 g/mol. The maximum atomic E-state index is 3.71. The molecular weight excluding hydrogens is 342 g/mol. The Morgan fingerprint density at radius 1 is 1.10 bits per heavy atom. The number of nitrogens with one attached hydrogen (secondary N) is 1. The van der Waals surface area contributed by atoms with Crippen LogP contribution in [-0.4, -0.2) is 6.54 Å². The average molecular weight is 364 g/mol. The number of halogens is 1. The van der Waals surface area contributed by atoms with E-state index in [1.54, 1.807) is 0 Å². The zero-order valence-electron chi connectivity index (χ0n) is 13.0. The first-order valence-corrected chi connectivity index (χ1v) is 8.90. The molecule has 2 rings (SSSR count). The molecule has 0 heterocycles. The smallest absolute Gasteiger partial charge is 0.0318 e. The van der Waals surface area contributed by atoms with Crippen molar-refractivity contribution in [3.05, 3.63) is 57.6 Å². The SMILES string of the molecule is CCNC(C)c1ccc(Sc2ccc(C)cc2C)c(Br)c1. The van der Waals surface area contributed by atoms with E-state index in [2.05, 4.69) is 85.3 Å². The van der Waals surface area contributed by atoms with Gasteiger partial charge in [0.2, 0.25) is 0 Å². The minimum absolute atomic E-state index is 0.381. The Kier molecular flexibility index (Phi) is 5.91. The van der Waals surface area contributed by atoms with Crippen LogP contribution in [0, 0.1) is 13.8 Å². The van der Waals surface area contributed by atoms with Crippen LogP contribution >= 0.6 is 27.7 Å². The molecule has 3 heteroatoms. The summed E-state index contributed by atoms with van der Waals surface area (Å²) in [4.78, 5) is 2.57. The van der Waals surface area contributed by atoms with Crippen molar-refractivity contribution in [2.24, 2.45) is 0 Å². The predicted octanol–water partition coefficient (Wildman–Crippen LogP) is 5.89. The quantitative estimate of drug-likeness (QED) is 0.710. The molecule has 0 fully saturated rings. The molecule has 0 aromatic heterocycles. The second kappa shape index (κ2) is 7.48. The average Bonchev–Trinajstić information content (AvgIpc) is 2.44. The minimum Gasteiger partial charge on any atom is -0.310 e. The minimum atomic E-state index is 0.381. The van der Waals surface area contributed by atoms with Crippen LogP contribution < -0.4 is 5.32 Å². The van der Waals surface area contributed by atoms with E-state index < -0.39 is 0 Å². The number of hydrogen-bond acceptors (Lipinski definition) is 2. The van der Waals surface area contributed by atoms with Gasteiger partial charge < -0.3 is 5.32 Å². The first kappa shape index (κ1) is 16.6. The van der Waals surface area contributed by atoms with Gasteiger partial charge in [0.05, 0.1) is 0 Å². The van der Waals surface area contributed by atoms with Gasteiger partial charge in [-0.3, -0.25) is 0 Å². The highest BCUT2D eigenvalue weighted by atomic mass is 79.9. The van der Waals surface area contributed by atoms with Crippen molar-refractivity contribution in [2.75, 3.05) is 6.54 Å². The lowest BCUT2D eigenvalue weighted by molar-refractivity contribution is 0.597. The van der Waals surface area contributed by atoms with E-state index in [1.165, 1.54) is 26.5 Å². The van der Waals surface area contributed by atoms with Gasteiger partial charge in [0.25, 0.3) is 0 Å². The van der Waals surface area contributed by atoms with Gasteiger partial charge in [-0.1, -0.05) is 42.4 Å². The molecule has 0 spiro atoms. The van der Waals surface area contributed by atoms with Crippen LogP contribution in [0.15, 0.2) is 50.7 Å². The second-order valence-electron chi connectivity index (χ2n) is 5.34. The summed E-state index contributed by atoms with van der Waals surface area (Å²) < 4.78 is 1.16. The van der Waals surface area contributed by atoms with Gasteiger partial charge in [-0.05, 0) is 72.6 Å². The third-order valence-electron chi connectivity index (χ3n) is 3.52. The summed E-state index contributed by atoms with van der Waals surface area (Å²) in [5, 5.41) is 3.45. The summed E-state index contributed by atoms with van der Waals surface area (Å²) in [7, 11) is 0. The normalized spacial score (nSPS) is 12.4. The van der Waals surface area contributed by atoms with Crippen LogP contribution in [0.2, 0.25) is 0 Å². The van der Waals surface area contributed by atoms with Crippen molar-refractivity contribution in [3.63, 3.8) is 0 Å². The van der Waals surface area contributed by atoms with Crippen molar-refractivity contribution in [2.45, 2.75) is 43.5 Å². The van der Waals surface area contributed by atoms with Crippen molar-refractivity contribution >= 4 is 27.7 Å². The Bertz CT molecular complexity index is 625. The first-order valence-electron chi connectivity index (χ1n) is 7.29. The molecule has 21 heavy (non-hydrogen) atoms. The lowest BCUT2D eigenvalue weighted by Gasteiger charge is -2.15. The fourth-order valence-corrected chi connectivity index (χ4v) is 3.85. The van der Waals surface area contributed by atoms with Crippen LogP contribution in [0.4, 0.5) is 0 Å². The van der Waals surface area contributed by atoms with Gasteiger partial charge in [-0.2, -0.15) is 0 Å². The van der Waals surface area contributed by atoms with Crippen LogP contribution in [0.1, 0.15) is 36.6 Å². The highest BCUT2D eigenvalue weighted by Crippen LogP contribution is 2.36. The van der Waals surface area contributed by atoms with Gasteiger partial charge in [0.1, 0.15) is 0 Å². The molecule has 0 saturated heterocycles. The largest absolute Gasteiger partial charge is 0.310 e. The number of benzene rings is 2. The summed E-state index contributed by atoms with van der Waals surface area (Å²) in [6.07, 6.45) is 0. The maximum Gasteiger partial charge on any atom is 0.0318 e. The van der Waals surface area contributed by atoms with E-state index in [0.717, 1.165) is 11.0 Å². The van der Waals surface area contributed by atoms with Crippen LogP contribution in [0.3, 0.4) is 0 Å². The molecular formula is C18H22BrNS. The van der Waals surface area contributed by atoms with Gasteiger partial charge in [-0.25, -0.2) is 0 Å². The fourth-order valence-electron chi connectivity index (χ4n) is 2.33. The maximum absolute atomic E-state index is 3.71. The van der Waals surface area contributed by atoms with E-state index in [0.29, 0.717) is 6.04 Å². The summed E-state index contributed by atoms with van der Waals surface area (Å²) in [5.41, 5.74) is 3.96. The summed E-state index contributed by atoms with van der Waals surface area (Å²) >= 11 is 5.53. The highest BCUT2D eigenvalue weighted by molar-refractivity contribution is 9.10. The molecule has 2 aromatic carbocycles. The molecule has 1 atom stereocenters. The van der Waals surface area contributed by atoms with Gasteiger partial charge in [0.15, 0.2) is 0 Å². The van der Waals surface area contributed by atoms with Gasteiger partial charge in [-0.15, -0.1) is 0 Å². The molecule has 0 amide bonds. The standard InChI is InChI=1S/C18H22BrNS/c1-5-20-14(4)15-7-9-18(16(19)11-15)21-17-8-6-12(2)10-13(17)3/h6-11,14,20H,5H2,1-4H3. The zero-order valence-corrected chi connectivity index (χ0v) is 15.4. The Labute approximate surface area is 140 Å². The molecule has 0 aliphatic rings. The molecule has 2 aromatic rings. The lowest BCUT2D eigenvalue weighted by atomic mass is 10.1. The number of hydrogen-bond donors (Lipinski definition) is 1. The molecule has 0 aliphatic carbocycles. The molecule has 0 radical (unpaired) electrons. The Hall–Kier alpha value is -0.770. The second-order valence-corrected chi connectivity index (χ2v) is 7.28. The predicted molar refractivity (Wildman–Crippen MR) is 96.3 cm³/mol. The Morgan fingerprint density at radius 2 is 1.81 bits per heavy atom. The molecule has 0 saturated carbocycles. The third kappa shape index (κ3) is 4.35.